The third-order valence-corrected chi connectivity index (χ3v) is 5.34. The van der Waals surface area contributed by atoms with Crippen LogP contribution in [0.25, 0.3) is 11.1 Å². The number of aromatic amines is 1. The predicted octanol–water partition coefficient (Wildman–Crippen LogP) is 4.13. The number of aryl methyl sites for hydroxylation is 1. The van der Waals surface area contributed by atoms with Crippen molar-refractivity contribution in [2.24, 2.45) is 5.92 Å². The molecule has 0 spiro atoms. The van der Waals surface area contributed by atoms with Crippen molar-refractivity contribution in [2.75, 3.05) is 18.6 Å². The Morgan fingerprint density at radius 3 is 2.86 bits per heavy atom. The fourth-order valence-corrected chi connectivity index (χ4v) is 3.84. The van der Waals surface area contributed by atoms with Crippen LogP contribution in [0.15, 0.2) is 48.8 Å². The Balaban J connectivity index is 1.51. The number of H-pyrrole nitrogens is 1. The number of halogens is 1. The van der Waals surface area contributed by atoms with Gasteiger partial charge in [0.15, 0.2) is 11.6 Å². The third-order valence-electron chi connectivity index (χ3n) is 5.34. The normalized spacial score (nSPS) is 16.6. The van der Waals surface area contributed by atoms with Gasteiger partial charge in [0.05, 0.1) is 13.3 Å². The molecule has 28 heavy (non-hydrogen) atoms. The van der Waals surface area contributed by atoms with Crippen LogP contribution in [0, 0.1) is 18.7 Å². The van der Waals surface area contributed by atoms with Crippen LogP contribution in [0.4, 0.5) is 10.1 Å². The lowest BCUT2D eigenvalue weighted by molar-refractivity contribution is -0.120. The van der Waals surface area contributed by atoms with Crippen molar-refractivity contribution in [1.82, 2.24) is 10.2 Å². The molecule has 5 nitrogen and oxygen atoms in total. The maximum atomic E-state index is 13.6. The van der Waals surface area contributed by atoms with Gasteiger partial charge in [-0.15, -0.1) is 0 Å². The molecule has 6 heteroatoms. The summed E-state index contributed by atoms with van der Waals surface area (Å²) in [7, 11) is 1.44. The molecule has 0 saturated carbocycles. The lowest BCUT2D eigenvalue weighted by atomic mass is 9.98. The minimum Gasteiger partial charge on any atom is -0.494 e. The number of rotatable bonds is 5. The molecule has 1 saturated heterocycles. The smallest absolute Gasteiger partial charge is 0.230 e. The van der Waals surface area contributed by atoms with Gasteiger partial charge in [0, 0.05) is 29.9 Å². The average molecular weight is 379 g/mol. The van der Waals surface area contributed by atoms with E-state index in [0.29, 0.717) is 13.0 Å². The predicted molar refractivity (Wildman–Crippen MR) is 106 cm³/mol. The summed E-state index contributed by atoms with van der Waals surface area (Å²) in [6.07, 6.45) is 5.01. The van der Waals surface area contributed by atoms with E-state index in [9.17, 15) is 9.18 Å². The number of ether oxygens (including phenoxy) is 1. The number of carbonyl (C=O) groups is 1. The number of aromatic nitrogens is 2. The molecular weight excluding hydrogens is 357 g/mol. The van der Waals surface area contributed by atoms with Crippen molar-refractivity contribution in [1.29, 1.82) is 0 Å². The van der Waals surface area contributed by atoms with Crippen LogP contribution in [0.3, 0.4) is 0 Å². The van der Waals surface area contributed by atoms with Gasteiger partial charge in [0.1, 0.15) is 0 Å². The molecule has 1 unspecified atom stereocenters. The van der Waals surface area contributed by atoms with Gasteiger partial charge in [0.25, 0.3) is 0 Å². The quantitative estimate of drug-likeness (QED) is 0.725. The summed E-state index contributed by atoms with van der Waals surface area (Å²) < 4.78 is 18.7. The summed E-state index contributed by atoms with van der Waals surface area (Å²) >= 11 is 0. The van der Waals surface area contributed by atoms with Crippen LogP contribution in [-0.2, 0) is 11.2 Å². The first-order valence-corrected chi connectivity index (χ1v) is 9.30. The molecule has 1 fully saturated rings. The fraction of sp³-hybridized carbons (Fsp3) is 0.273. The summed E-state index contributed by atoms with van der Waals surface area (Å²) in [5, 5.41) is 6.82. The summed E-state index contributed by atoms with van der Waals surface area (Å²) in [6.45, 7) is 2.72. The Hall–Kier alpha value is -3.15. The molecule has 1 atom stereocenters. The van der Waals surface area contributed by atoms with Crippen molar-refractivity contribution in [3.05, 3.63) is 65.7 Å². The van der Waals surface area contributed by atoms with E-state index in [-0.39, 0.29) is 23.4 Å². The second kappa shape index (κ2) is 7.46. The van der Waals surface area contributed by atoms with Gasteiger partial charge in [-0.05, 0) is 60.7 Å². The average Bonchev–Trinajstić information content (AvgIpc) is 3.34. The number of nitrogens with one attached hydrogen (secondary N) is 1. The van der Waals surface area contributed by atoms with Crippen LogP contribution in [0.5, 0.6) is 5.75 Å². The molecule has 144 valence electrons. The van der Waals surface area contributed by atoms with Gasteiger partial charge in [0.2, 0.25) is 5.91 Å². The highest BCUT2D eigenvalue weighted by atomic mass is 19.1. The maximum Gasteiger partial charge on any atom is 0.230 e. The number of amides is 1. The first-order valence-electron chi connectivity index (χ1n) is 9.30. The Labute approximate surface area is 163 Å². The van der Waals surface area contributed by atoms with Gasteiger partial charge < -0.3 is 9.64 Å². The van der Waals surface area contributed by atoms with E-state index in [1.165, 1.54) is 13.2 Å². The molecule has 1 amide bonds. The van der Waals surface area contributed by atoms with Crippen LogP contribution >= 0.6 is 0 Å². The van der Waals surface area contributed by atoms with Crippen LogP contribution in [0.1, 0.15) is 17.5 Å². The zero-order valence-electron chi connectivity index (χ0n) is 15.9. The van der Waals surface area contributed by atoms with E-state index < -0.39 is 0 Å². The summed E-state index contributed by atoms with van der Waals surface area (Å²) in [4.78, 5) is 14.8. The number of benzene rings is 2. The van der Waals surface area contributed by atoms with Gasteiger partial charge in [-0.1, -0.05) is 12.1 Å². The SMILES string of the molecule is COc1cc(CC2CCN(c3ccc(-c4cn[nH]c4)c(C)c3)C2=O)ccc1F. The largest absolute Gasteiger partial charge is 0.494 e. The van der Waals surface area contributed by atoms with E-state index in [2.05, 4.69) is 10.2 Å². The molecule has 2 heterocycles. The third kappa shape index (κ3) is 3.38. The van der Waals surface area contributed by atoms with E-state index in [1.807, 2.05) is 36.2 Å². The minimum absolute atomic E-state index is 0.107. The highest BCUT2D eigenvalue weighted by Gasteiger charge is 2.32. The summed E-state index contributed by atoms with van der Waals surface area (Å²) in [5.74, 6) is -0.174. The lowest BCUT2D eigenvalue weighted by Crippen LogP contribution is -2.27. The van der Waals surface area contributed by atoms with E-state index in [0.717, 1.165) is 34.4 Å². The number of hydrogen-bond acceptors (Lipinski definition) is 3. The first kappa shape index (κ1) is 18.2. The number of carbonyl (C=O) groups excluding carboxylic acids is 1. The number of methoxy groups -OCH3 is 1. The monoisotopic (exact) mass is 379 g/mol. The second-order valence-electron chi connectivity index (χ2n) is 7.13. The Bertz CT molecular complexity index is 1000. The molecule has 1 aliphatic rings. The molecule has 1 aromatic heterocycles. The molecule has 1 aliphatic heterocycles. The molecule has 3 aromatic rings. The van der Waals surface area contributed by atoms with E-state index >= 15 is 0 Å². The van der Waals surface area contributed by atoms with Gasteiger partial charge in [-0.3, -0.25) is 9.89 Å². The van der Waals surface area contributed by atoms with Crippen LogP contribution in [0.2, 0.25) is 0 Å². The van der Waals surface area contributed by atoms with Crippen molar-refractivity contribution < 1.29 is 13.9 Å². The van der Waals surface area contributed by atoms with Gasteiger partial charge in [-0.25, -0.2) is 4.39 Å². The Morgan fingerprint density at radius 2 is 2.14 bits per heavy atom. The fourth-order valence-electron chi connectivity index (χ4n) is 3.84. The van der Waals surface area contributed by atoms with Crippen molar-refractivity contribution >= 4 is 11.6 Å². The Kier molecular flexibility index (Phi) is 4.86. The summed E-state index contributed by atoms with van der Waals surface area (Å²) in [6, 6.07) is 10.8. The maximum absolute atomic E-state index is 13.6. The first-order chi connectivity index (χ1) is 13.6. The molecule has 4 rings (SSSR count). The minimum atomic E-state index is -0.390. The molecule has 2 aromatic carbocycles. The second-order valence-corrected chi connectivity index (χ2v) is 7.13. The molecule has 0 radical (unpaired) electrons. The number of anilines is 1. The number of nitrogens with zero attached hydrogens (tertiary/aromatic N) is 2. The number of hydrogen-bond donors (Lipinski definition) is 1. The summed E-state index contributed by atoms with van der Waals surface area (Å²) in [5.41, 5.74) is 5.04. The standard InChI is InChI=1S/C22H22FN3O2/c1-14-9-18(4-5-19(14)17-12-24-25-13-17)26-8-7-16(22(26)27)10-15-3-6-20(23)21(11-15)28-2/h3-6,9,11-13,16H,7-8,10H2,1-2H3,(H,24,25). The highest BCUT2D eigenvalue weighted by Crippen LogP contribution is 2.32. The van der Waals surface area contributed by atoms with Gasteiger partial charge in [-0.2, -0.15) is 5.10 Å². The van der Waals surface area contributed by atoms with Gasteiger partial charge >= 0.3 is 0 Å². The van der Waals surface area contributed by atoms with Crippen LogP contribution in [-0.4, -0.2) is 29.8 Å². The zero-order chi connectivity index (χ0) is 19.7. The van der Waals surface area contributed by atoms with Crippen molar-refractivity contribution in [3.63, 3.8) is 0 Å². The molecule has 0 aliphatic carbocycles. The highest BCUT2D eigenvalue weighted by molar-refractivity contribution is 5.97. The Morgan fingerprint density at radius 1 is 1.29 bits per heavy atom. The van der Waals surface area contributed by atoms with Crippen molar-refractivity contribution in [3.8, 4) is 16.9 Å². The molecular formula is C22H22FN3O2. The topological polar surface area (TPSA) is 58.2 Å². The lowest BCUT2D eigenvalue weighted by Gasteiger charge is -2.18. The van der Waals surface area contributed by atoms with Crippen molar-refractivity contribution in [2.45, 2.75) is 19.8 Å². The zero-order valence-corrected chi connectivity index (χ0v) is 15.9. The molecule has 0 bridgehead atoms. The van der Waals surface area contributed by atoms with E-state index in [4.69, 9.17) is 4.74 Å². The van der Waals surface area contributed by atoms with Crippen LogP contribution < -0.4 is 9.64 Å². The van der Waals surface area contributed by atoms with E-state index in [1.54, 1.807) is 18.3 Å². The molecule has 1 N–H and O–H groups in total.